The van der Waals surface area contributed by atoms with Crippen LogP contribution in [0.3, 0.4) is 0 Å². The molecule has 0 unspecified atom stereocenters. The van der Waals surface area contributed by atoms with Gasteiger partial charge in [-0.15, -0.1) is 11.8 Å². The lowest BCUT2D eigenvalue weighted by atomic mass is 10.1. The van der Waals surface area contributed by atoms with Crippen LogP contribution < -0.4 is 5.32 Å². The van der Waals surface area contributed by atoms with Gasteiger partial charge >= 0.3 is 0 Å². The number of non-ortho nitro benzene ring substituents is 1. The van der Waals surface area contributed by atoms with Gasteiger partial charge in [0.2, 0.25) is 17.6 Å². The Kier molecular flexibility index (Phi) is 6.38. The van der Waals surface area contributed by atoms with E-state index >= 15 is 0 Å². The van der Waals surface area contributed by atoms with Gasteiger partial charge in [-0.1, -0.05) is 41.1 Å². The van der Waals surface area contributed by atoms with Crippen LogP contribution in [-0.2, 0) is 17.1 Å². The zero-order valence-corrected chi connectivity index (χ0v) is 15.9. The predicted molar refractivity (Wildman–Crippen MR) is 106 cm³/mol. The van der Waals surface area contributed by atoms with Gasteiger partial charge in [-0.3, -0.25) is 14.9 Å². The van der Waals surface area contributed by atoms with Crippen molar-refractivity contribution in [2.24, 2.45) is 0 Å². The maximum Gasteiger partial charge on any atom is 0.269 e. The highest BCUT2D eigenvalue weighted by atomic mass is 32.2. The quantitative estimate of drug-likeness (QED) is 0.456. The second-order valence-electron chi connectivity index (χ2n) is 6.07. The molecule has 28 heavy (non-hydrogen) atoms. The Hall–Kier alpha value is -3.20. The van der Waals surface area contributed by atoms with E-state index < -0.39 is 4.92 Å². The van der Waals surface area contributed by atoms with Crippen molar-refractivity contribution in [2.45, 2.75) is 19.2 Å². The third kappa shape index (κ3) is 5.40. The fourth-order valence-electron chi connectivity index (χ4n) is 2.43. The Morgan fingerprint density at radius 3 is 2.75 bits per heavy atom. The number of nitro groups is 1. The highest BCUT2D eigenvalue weighted by molar-refractivity contribution is 7.99. The number of thioether (sulfide) groups is 1. The summed E-state index contributed by atoms with van der Waals surface area (Å²) in [6.07, 6.45) is 0. The number of rotatable bonds is 8. The van der Waals surface area contributed by atoms with E-state index in [0.29, 0.717) is 17.5 Å². The molecule has 144 valence electrons. The van der Waals surface area contributed by atoms with Gasteiger partial charge in [0.1, 0.15) is 0 Å². The molecule has 0 radical (unpaired) electrons. The Labute approximate surface area is 165 Å². The third-order valence-corrected chi connectivity index (χ3v) is 4.83. The number of amides is 1. The molecule has 1 aromatic heterocycles. The molecule has 0 aliphatic heterocycles. The van der Waals surface area contributed by atoms with Crippen LogP contribution in [0.15, 0.2) is 53.1 Å². The minimum atomic E-state index is -0.438. The average molecular weight is 398 g/mol. The van der Waals surface area contributed by atoms with E-state index in [1.807, 2.05) is 31.2 Å². The number of nitrogens with zero attached hydrogens (tertiary/aromatic N) is 3. The van der Waals surface area contributed by atoms with Crippen molar-refractivity contribution in [3.8, 4) is 11.4 Å². The molecule has 0 aliphatic rings. The number of benzene rings is 2. The summed E-state index contributed by atoms with van der Waals surface area (Å²) in [6, 6.07) is 14.1. The molecule has 0 fully saturated rings. The lowest BCUT2D eigenvalue weighted by Gasteiger charge is -2.03. The van der Waals surface area contributed by atoms with Crippen molar-refractivity contribution in [1.82, 2.24) is 15.5 Å². The maximum absolute atomic E-state index is 12.0. The summed E-state index contributed by atoms with van der Waals surface area (Å²) < 4.78 is 5.18. The summed E-state index contributed by atoms with van der Waals surface area (Å²) in [5, 5.41) is 17.3. The van der Waals surface area contributed by atoms with Gasteiger partial charge in [0, 0.05) is 23.4 Å². The molecule has 1 heterocycles. The van der Waals surface area contributed by atoms with E-state index in [2.05, 4.69) is 15.5 Å². The third-order valence-electron chi connectivity index (χ3n) is 3.83. The van der Waals surface area contributed by atoms with Crippen LogP contribution in [0, 0.1) is 17.0 Å². The number of aromatic nitrogens is 2. The van der Waals surface area contributed by atoms with E-state index in [-0.39, 0.29) is 23.9 Å². The van der Waals surface area contributed by atoms with E-state index in [4.69, 9.17) is 4.52 Å². The number of nitro benzene ring substituents is 1. The van der Waals surface area contributed by atoms with Crippen LogP contribution in [0.1, 0.15) is 17.0 Å². The van der Waals surface area contributed by atoms with Crippen LogP contribution in [0.2, 0.25) is 0 Å². The molecule has 3 rings (SSSR count). The Morgan fingerprint density at radius 2 is 2.04 bits per heavy atom. The summed E-state index contributed by atoms with van der Waals surface area (Å²) >= 11 is 1.42. The normalized spacial score (nSPS) is 10.6. The smallest absolute Gasteiger partial charge is 0.269 e. The molecule has 0 saturated heterocycles. The van der Waals surface area contributed by atoms with Gasteiger partial charge in [-0.25, -0.2) is 0 Å². The fraction of sp³-hybridized carbons (Fsp3) is 0.211. The summed E-state index contributed by atoms with van der Waals surface area (Å²) in [5.41, 5.74) is 2.93. The molecule has 2 aromatic carbocycles. The van der Waals surface area contributed by atoms with Crippen LogP contribution in [0.25, 0.3) is 11.4 Å². The van der Waals surface area contributed by atoms with Crippen LogP contribution in [-0.4, -0.2) is 26.7 Å². The average Bonchev–Trinajstić information content (AvgIpc) is 3.16. The molecule has 0 bridgehead atoms. The Balaban J connectivity index is 1.43. The first-order valence-electron chi connectivity index (χ1n) is 8.48. The first-order valence-corrected chi connectivity index (χ1v) is 9.64. The van der Waals surface area contributed by atoms with Crippen molar-refractivity contribution in [3.05, 3.63) is 75.7 Å². The summed E-state index contributed by atoms with van der Waals surface area (Å²) in [4.78, 5) is 26.4. The maximum atomic E-state index is 12.0. The second kappa shape index (κ2) is 9.14. The zero-order chi connectivity index (χ0) is 19.9. The lowest BCUT2D eigenvalue weighted by Crippen LogP contribution is -2.24. The first-order chi connectivity index (χ1) is 13.5. The molecule has 0 spiro atoms. The SMILES string of the molecule is Cc1cccc(-c2noc(CNC(=O)CSCc3ccc([N+](=O)[O-])cc3)n2)c1. The topological polar surface area (TPSA) is 111 Å². The Morgan fingerprint density at radius 1 is 1.25 bits per heavy atom. The van der Waals surface area contributed by atoms with E-state index in [1.54, 1.807) is 12.1 Å². The predicted octanol–water partition coefficient (Wildman–Crippen LogP) is 3.50. The number of aryl methyl sites for hydroxylation is 1. The molecule has 0 saturated carbocycles. The molecular formula is C19H18N4O4S. The van der Waals surface area contributed by atoms with Gasteiger partial charge in [0.05, 0.1) is 17.2 Å². The van der Waals surface area contributed by atoms with Crippen molar-refractivity contribution < 1.29 is 14.2 Å². The summed E-state index contributed by atoms with van der Waals surface area (Å²) in [7, 11) is 0. The molecule has 0 aliphatic carbocycles. The van der Waals surface area contributed by atoms with Gasteiger partial charge in [0.15, 0.2) is 0 Å². The van der Waals surface area contributed by atoms with E-state index in [9.17, 15) is 14.9 Å². The molecule has 8 nitrogen and oxygen atoms in total. The standard InChI is InChI=1S/C19H18N4O4S/c1-13-3-2-4-15(9-13)19-21-18(27-22-19)10-20-17(24)12-28-11-14-5-7-16(8-6-14)23(25)26/h2-9H,10-12H2,1H3,(H,20,24). The molecule has 0 atom stereocenters. The zero-order valence-electron chi connectivity index (χ0n) is 15.1. The summed E-state index contributed by atoms with van der Waals surface area (Å²) in [5.74, 6) is 1.52. The van der Waals surface area contributed by atoms with Crippen molar-refractivity contribution in [1.29, 1.82) is 0 Å². The van der Waals surface area contributed by atoms with Crippen molar-refractivity contribution >= 4 is 23.4 Å². The van der Waals surface area contributed by atoms with Crippen LogP contribution >= 0.6 is 11.8 Å². The lowest BCUT2D eigenvalue weighted by molar-refractivity contribution is -0.384. The first kappa shape index (κ1) is 19.6. The number of nitrogens with one attached hydrogen (secondary N) is 1. The minimum absolute atomic E-state index is 0.0519. The number of hydrogen-bond donors (Lipinski definition) is 1. The molecule has 9 heteroatoms. The van der Waals surface area contributed by atoms with E-state index in [0.717, 1.165) is 16.7 Å². The van der Waals surface area contributed by atoms with Crippen LogP contribution in [0.5, 0.6) is 0 Å². The largest absolute Gasteiger partial charge is 0.346 e. The van der Waals surface area contributed by atoms with Gasteiger partial charge < -0.3 is 9.84 Å². The number of hydrogen-bond acceptors (Lipinski definition) is 7. The second-order valence-corrected chi connectivity index (χ2v) is 7.06. The molecule has 3 aromatic rings. The van der Waals surface area contributed by atoms with E-state index in [1.165, 1.54) is 23.9 Å². The molecule has 1 N–H and O–H groups in total. The minimum Gasteiger partial charge on any atom is -0.346 e. The molecule has 1 amide bonds. The van der Waals surface area contributed by atoms with Gasteiger partial charge in [-0.05, 0) is 18.6 Å². The fourth-order valence-corrected chi connectivity index (χ4v) is 3.25. The monoisotopic (exact) mass is 398 g/mol. The van der Waals surface area contributed by atoms with Gasteiger partial charge in [-0.2, -0.15) is 4.98 Å². The van der Waals surface area contributed by atoms with Crippen LogP contribution in [0.4, 0.5) is 5.69 Å². The number of carbonyl (C=O) groups excluding carboxylic acids is 1. The highest BCUT2D eigenvalue weighted by Crippen LogP contribution is 2.18. The molecular weight excluding hydrogens is 380 g/mol. The summed E-state index contributed by atoms with van der Waals surface area (Å²) in [6.45, 7) is 2.15. The highest BCUT2D eigenvalue weighted by Gasteiger charge is 2.10. The van der Waals surface area contributed by atoms with Crippen molar-refractivity contribution in [2.75, 3.05) is 5.75 Å². The van der Waals surface area contributed by atoms with Crippen molar-refractivity contribution in [3.63, 3.8) is 0 Å². The van der Waals surface area contributed by atoms with Gasteiger partial charge in [0.25, 0.3) is 5.69 Å². The number of carbonyl (C=O) groups is 1. The Bertz CT molecular complexity index is 972.